The van der Waals surface area contributed by atoms with Gasteiger partial charge in [-0.25, -0.2) is 0 Å². The molecule has 1 aromatic carbocycles. The summed E-state index contributed by atoms with van der Waals surface area (Å²) in [6, 6.07) is 9.01. The van der Waals surface area contributed by atoms with E-state index in [9.17, 15) is 4.79 Å². The first-order valence-electron chi connectivity index (χ1n) is 8.14. The van der Waals surface area contributed by atoms with Crippen molar-refractivity contribution in [2.75, 3.05) is 20.3 Å². The van der Waals surface area contributed by atoms with Crippen molar-refractivity contribution in [2.24, 2.45) is 0 Å². The van der Waals surface area contributed by atoms with E-state index in [1.807, 2.05) is 25.1 Å². The maximum absolute atomic E-state index is 12.4. The Bertz CT molecular complexity index is 675. The van der Waals surface area contributed by atoms with Crippen LogP contribution in [0.3, 0.4) is 0 Å². The second kappa shape index (κ2) is 7.49. The summed E-state index contributed by atoms with van der Waals surface area (Å²) in [6.45, 7) is 3.61. The van der Waals surface area contributed by atoms with Gasteiger partial charge in [0.05, 0.1) is 12.6 Å². The first kappa shape index (κ1) is 16.5. The molecule has 1 aromatic heterocycles. The van der Waals surface area contributed by atoms with Crippen LogP contribution >= 0.6 is 0 Å². The molecule has 6 nitrogen and oxygen atoms in total. The molecule has 1 amide bonds. The molecule has 128 valence electrons. The molecule has 1 saturated heterocycles. The van der Waals surface area contributed by atoms with Gasteiger partial charge in [0.15, 0.2) is 0 Å². The van der Waals surface area contributed by atoms with Crippen molar-refractivity contribution in [2.45, 2.75) is 32.4 Å². The Kier molecular flexibility index (Phi) is 5.15. The van der Waals surface area contributed by atoms with Crippen LogP contribution in [0.25, 0.3) is 0 Å². The highest BCUT2D eigenvalue weighted by Gasteiger charge is 2.17. The second-order valence-corrected chi connectivity index (χ2v) is 6.06. The van der Waals surface area contributed by atoms with Crippen LogP contribution in [0.2, 0.25) is 0 Å². The number of nitrogens with zero attached hydrogens (tertiary/aromatic N) is 2. The lowest BCUT2D eigenvalue weighted by Crippen LogP contribution is -2.26. The molecule has 1 aliphatic rings. The lowest BCUT2D eigenvalue weighted by Gasteiger charge is -2.16. The van der Waals surface area contributed by atoms with Gasteiger partial charge in [-0.3, -0.25) is 4.79 Å². The average Bonchev–Trinajstić information content (AvgIpc) is 3.24. The van der Waals surface area contributed by atoms with Gasteiger partial charge in [0, 0.05) is 25.3 Å². The zero-order chi connectivity index (χ0) is 16.9. The second-order valence-electron chi connectivity index (χ2n) is 6.06. The van der Waals surface area contributed by atoms with Crippen molar-refractivity contribution < 1.29 is 18.8 Å². The summed E-state index contributed by atoms with van der Waals surface area (Å²) in [5, 5.41) is 3.91. The van der Waals surface area contributed by atoms with E-state index in [4.69, 9.17) is 14.0 Å². The van der Waals surface area contributed by atoms with E-state index >= 15 is 0 Å². The Morgan fingerprint density at radius 3 is 2.79 bits per heavy atom. The van der Waals surface area contributed by atoms with Crippen LogP contribution in [-0.4, -0.2) is 42.3 Å². The molecular weight excluding hydrogens is 308 g/mol. The summed E-state index contributed by atoms with van der Waals surface area (Å²) < 4.78 is 16.3. The van der Waals surface area contributed by atoms with E-state index in [1.165, 1.54) is 0 Å². The van der Waals surface area contributed by atoms with Gasteiger partial charge in [-0.1, -0.05) is 5.16 Å². The monoisotopic (exact) mass is 330 g/mol. The topological polar surface area (TPSA) is 64.8 Å². The predicted octanol–water partition coefficient (Wildman–Crippen LogP) is 2.81. The van der Waals surface area contributed by atoms with Gasteiger partial charge in [0.25, 0.3) is 5.91 Å². The summed E-state index contributed by atoms with van der Waals surface area (Å²) in [5.41, 5.74) is 1.35. The Balaban J connectivity index is 1.54. The summed E-state index contributed by atoms with van der Waals surface area (Å²) in [7, 11) is 1.74. The standard InChI is InChI=1S/C18H22N2O4/c1-13-10-15(19-24-13)11-20(2)18(21)14-5-7-16(8-6-14)23-12-17-4-3-9-22-17/h5-8,10,17H,3-4,9,11-12H2,1-2H3. The van der Waals surface area contributed by atoms with Gasteiger partial charge in [-0.05, 0) is 44.0 Å². The molecule has 2 aromatic rings. The first-order valence-corrected chi connectivity index (χ1v) is 8.14. The molecule has 1 atom stereocenters. The van der Waals surface area contributed by atoms with Gasteiger partial charge in [-0.2, -0.15) is 0 Å². The summed E-state index contributed by atoms with van der Waals surface area (Å²) >= 11 is 0. The van der Waals surface area contributed by atoms with E-state index in [-0.39, 0.29) is 12.0 Å². The van der Waals surface area contributed by atoms with Crippen molar-refractivity contribution in [1.82, 2.24) is 10.1 Å². The van der Waals surface area contributed by atoms with Gasteiger partial charge < -0.3 is 18.9 Å². The Hall–Kier alpha value is -2.34. The van der Waals surface area contributed by atoms with Crippen molar-refractivity contribution in [1.29, 1.82) is 0 Å². The largest absolute Gasteiger partial charge is 0.491 e. The molecule has 0 radical (unpaired) electrons. The molecule has 1 fully saturated rings. The van der Waals surface area contributed by atoms with E-state index in [1.54, 1.807) is 24.1 Å². The first-order chi connectivity index (χ1) is 11.6. The molecule has 0 spiro atoms. The number of carbonyl (C=O) groups is 1. The molecule has 1 unspecified atom stereocenters. The number of aryl methyl sites for hydroxylation is 1. The van der Waals surface area contributed by atoms with E-state index in [2.05, 4.69) is 5.16 Å². The molecule has 2 heterocycles. The predicted molar refractivity (Wildman–Crippen MR) is 87.9 cm³/mol. The highest BCUT2D eigenvalue weighted by molar-refractivity contribution is 5.94. The minimum atomic E-state index is -0.0682. The number of hydrogen-bond acceptors (Lipinski definition) is 5. The quantitative estimate of drug-likeness (QED) is 0.815. The normalized spacial score (nSPS) is 17.0. The van der Waals surface area contributed by atoms with Crippen LogP contribution < -0.4 is 4.74 Å². The average molecular weight is 330 g/mol. The number of ether oxygens (including phenoxy) is 2. The van der Waals surface area contributed by atoms with Crippen molar-refractivity contribution in [3.63, 3.8) is 0 Å². The van der Waals surface area contributed by atoms with Crippen LogP contribution in [0.5, 0.6) is 5.75 Å². The van der Waals surface area contributed by atoms with Crippen LogP contribution in [0.1, 0.15) is 34.7 Å². The molecule has 0 saturated carbocycles. The number of aromatic nitrogens is 1. The van der Waals surface area contributed by atoms with Gasteiger partial charge >= 0.3 is 0 Å². The molecule has 0 N–H and O–H groups in total. The molecule has 24 heavy (non-hydrogen) atoms. The zero-order valence-electron chi connectivity index (χ0n) is 14.0. The van der Waals surface area contributed by atoms with Crippen LogP contribution in [-0.2, 0) is 11.3 Å². The third-order valence-corrected chi connectivity index (χ3v) is 3.98. The lowest BCUT2D eigenvalue weighted by molar-refractivity contribution is 0.0679. The minimum absolute atomic E-state index is 0.0682. The van der Waals surface area contributed by atoms with Crippen LogP contribution in [0, 0.1) is 6.92 Å². The number of amides is 1. The molecular formula is C18H22N2O4. The van der Waals surface area contributed by atoms with Gasteiger partial charge in [0.1, 0.15) is 23.8 Å². The minimum Gasteiger partial charge on any atom is -0.491 e. The van der Waals surface area contributed by atoms with Gasteiger partial charge in [-0.15, -0.1) is 0 Å². The zero-order valence-corrected chi connectivity index (χ0v) is 14.0. The van der Waals surface area contributed by atoms with Crippen molar-refractivity contribution in [3.05, 3.63) is 47.3 Å². The Labute approximate surface area is 141 Å². The van der Waals surface area contributed by atoms with Crippen molar-refractivity contribution in [3.8, 4) is 5.75 Å². The van der Waals surface area contributed by atoms with E-state index in [0.29, 0.717) is 18.7 Å². The van der Waals surface area contributed by atoms with Crippen LogP contribution in [0.15, 0.2) is 34.9 Å². The highest BCUT2D eigenvalue weighted by Crippen LogP contribution is 2.17. The molecule has 0 aliphatic carbocycles. The van der Waals surface area contributed by atoms with Gasteiger partial charge in [0.2, 0.25) is 0 Å². The Morgan fingerprint density at radius 2 is 2.17 bits per heavy atom. The molecule has 3 rings (SSSR count). The number of rotatable bonds is 6. The maximum atomic E-state index is 12.4. The van der Waals surface area contributed by atoms with Crippen LogP contribution in [0.4, 0.5) is 0 Å². The maximum Gasteiger partial charge on any atom is 0.253 e. The Morgan fingerprint density at radius 1 is 1.38 bits per heavy atom. The number of carbonyl (C=O) groups excluding carboxylic acids is 1. The smallest absolute Gasteiger partial charge is 0.253 e. The lowest BCUT2D eigenvalue weighted by atomic mass is 10.2. The summed E-state index contributed by atoms with van der Waals surface area (Å²) in [6.07, 6.45) is 2.32. The number of benzene rings is 1. The van der Waals surface area contributed by atoms with E-state index < -0.39 is 0 Å². The summed E-state index contributed by atoms with van der Waals surface area (Å²) in [5.74, 6) is 1.41. The molecule has 6 heteroatoms. The van der Waals surface area contributed by atoms with Crippen molar-refractivity contribution >= 4 is 5.91 Å². The fourth-order valence-electron chi connectivity index (χ4n) is 2.69. The third kappa shape index (κ3) is 4.14. The SMILES string of the molecule is Cc1cc(CN(C)C(=O)c2ccc(OCC3CCCO3)cc2)no1. The van der Waals surface area contributed by atoms with E-state index in [0.717, 1.165) is 36.7 Å². The fraction of sp³-hybridized carbons (Fsp3) is 0.444. The molecule has 0 bridgehead atoms. The fourth-order valence-corrected chi connectivity index (χ4v) is 2.69. The number of hydrogen-bond donors (Lipinski definition) is 0. The highest BCUT2D eigenvalue weighted by atomic mass is 16.5. The molecule has 1 aliphatic heterocycles. The third-order valence-electron chi connectivity index (χ3n) is 3.98. The summed E-state index contributed by atoms with van der Waals surface area (Å²) in [4.78, 5) is 14.1.